The summed E-state index contributed by atoms with van der Waals surface area (Å²) in [5, 5.41) is 14.9. The van der Waals surface area contributed by atoms with Gasteiger partial charge in [-0.05, 0) is 31.2 Å². The highest BCUT2D eigenvalue weighted by Gasteiger charge is 2.29. The molecule has 0 unspecified atom stereocenters. The first-order valence-corrected chi connectivity index (χ1v) is 10.1. The second-order valence-electron chi connectivity index (χ2n) is 6.68. The van der Waals surface area contributed by atoms with Crippen LogP contribution in [0.3, 0.4) is 0 Å². The lowest BCUT2D eigenvalue weighted by Gasteiger charge is -2.29. The van der Waals surface area contributed by atoms with Crippen LogP contribution in [0.2, 0.25) is 0 Å². The smallest absolute Gasteiger partial charge is 0.148 e. The zero-order valence-corrected chi connectivity index (χ0v) is 13.9. The third-order valence-electron chi connectivity index (χ3n) is 4.79. The normalized spacial score (nSPS) is 21.9. The maximum atomic E-state index is 11.3. The van der Waals surface area contributed by atoms with E-state index in [0.717, 1.165) is 43.7 Å². The van der Waals surface area contributed by atoms with Gasteiger partial charge in [0.15, 0.2) is 0 Å². The summed E-state index contributed by atoms with van der Waals surface area (Å²) in [4.78, 5) is 2.17. The van der Waals surface area contributed by atoms with Gasteiger partial charge in [-0.3, -0.25) is 9.58 Å². The highest BCUT2D eigenvalue weighted by molar-refractivity contribution is 7.90. The number of hydrogen-bond donors (Lipinski definition) is 1. The van der Waals surface area contributed by atoms with Gasteiger partial charge in [0.05, 0.1) is 17.1 Å². The third-order valence-corrected chi connectivity index (χ3v) is 5.71. The largest absolute Gasteiger partial charge is 0.386 e. The summed E-state index contributed by atoms with van der Waals surface area (Å²) in [6, 6.07) is 2.00. The molecule has 1 aliphatic carbocycles. The summed E-state index contributed by atoms with van der Waals surface area (Å²) in [6.07, 6.45) is 5.17. The molecule has 2 heterocycles. The van der Waals surface area contributed by atoms with Gasteiger partial charge in [-0.15, -0.1) is 0 Å². The summed E-state index contributed by atoms with van der Waals surface area (Å²) < 4.78 is 24.7. The molecule has 0 amide bonds. The van der Waals surface area contributed by atoms with Gasteiger partial charge in [-0.25, -0.2) is 8.42 Å². The summed E-state index contributed by atoms with van der Waals surface area (Å²) in [7, 11) is -2.93. The van der Waals surface area contributed by atoms with E-state index in [-0.39, 0.29) is 5.75 Å². The van der Waals surface area contributed by atoms with Crippen LogP contribution in [0.15, 0.2) is 6.07 Å². The topological polar surface area (TPSA) is 75.4 Å². The van der Waals surface area contributed by atoms with Crippen molar-refractivity contribution >= 4 is 9.84 Å². The fourth-order valence-electron chi connectivity index (χ4n) is 3.18. The number of fused-ring (bicyclic) bond motifs is 1. The summed E-state index contributed by atoms with van der Waals surface area (Å²) in [5.41, 5.74) is 1.86. The van der Waals surface area contributed by atoms with Gasteiger partial charge in [0, 0.05) is 32.4 Å². The van der Waals surface area contributed by atoms with E-state index >= 15 is 0 Å². The van der Waals surface area contributed by atoms with Crippen LogP contribution < -0.4 is 0 Å². The van der Waals surface area contributed by atoms with E-state index in [4.69, 9.17) is 0 Å². The molecule has 22 heavy (non-hydrogen) atoms. The van der Waals surface area contributed by atoms with Gasteiger partial charge in [-0.1, -0.05) is 6.42 Å². The highest BCUT2D eigenvalue weighted by atomic mass is 32.2. The third kappa shape index (κ3) is 3.70. The Labute approximate surface area is 132 Å². The minimum absolute atomic E-state index is 0.193. The molecular weight excluding hydrogens is 302 g/mol. The van der Waals surface area contributed by atoms with Crippen molar-refractivity contribution in [3.8, 4) is 0 Å². The van der Waals surface area contributed by atoms with Gasteiger partial charge in [0.25, 0.3) is 0 Å². The lowest BCUT2D eigenvalue weighted by molar-refractivity contribution is 0.0581. The second kappa shape index (κ2) is 6.29. The standard InChI is InChI=1S/C15H25N3O3S/c1-22(20,21)9-8-17-6-3-7-18-13(11-17)10-14(16-18)15(19)12-4-2-5-12/h10,12,15,19H,2-9,11H2,1H3/t15-/m0/s1. The van der Waals surface area contributed by atoms with Gasteiger partial charge >= 0.3 is 0 Å². The number of hydrogen-bond acceptors (Lipinski definition) is 5. The maximum Gasteiger partial charge on any atom is 0.148 e. The number of nitrogens with zero attached hydrogens (tertiary/aromatic N) is 3. The van der Waals surface area contributed by atoms with Crippen molar-refractivity contribution in [3.05, 3.63) is 17.5 Å². The minimum atomic E-state index is -2.93. The lowest BCUT2D eigenvalue weighted by atomic mass is 9.80. The average molecular weight is 327 g/mol. The first kappa shape index (κ1) is 16.0. The first-order valence-electron chi connectivity index (χ1n) is 8.07. The van der Waals surface area contributed by atoms with E-state index in [2.05, 4.69) is 10.00 Å². The van der Waals surface area contributed by atoms with Crippen molar-refractivity contribution in [2.75, 3.05) is 25.1 Å². The zero-order chi connectivity index (χ0) is 15.7. The predicted octanol–water partition coefficient (Wildman–Crippen LogP) is 0.967. The van der Waals surface area contributed by atoms with Crippen LogP contribution >= 0.6 is 0 Å². The van der Waals surface area contributed by atoms with Crippen molar-refractivity contribution < 1.29 is 13.5 Å². The first-order chi connectivity index (χ1) is 10.4. The molecule has 7 heteroatoms. The molecule has 1 fully saturated rings. The fraction of sp³-hybridized carbons (Fsp3) is 0.800. The molecule has 124 valence electrons. The van der Waals surface area contributed by atoms with Crippen LogP contribution in [0.5, 0.6) is 0 Å². The van der Waals surface area contributed by atoms with Crippen molar-refractivity contribution in [1.29, 1.82) is 0 Å². The number of aryl methyl sites for hydroxylation is 1. The summed E-state index contributed by atoms with van der Waals surface area (Å²) in [6.45, 7) is 2.99. The van der Waals surface area contributed by atoms with Gasteiger partial charge in [-0.2, -0.15) is 5.10 Å². The van der Waals surface area contributed by atoms with Crippen LogP contribution in [0.4, 0.5) is 0 Å². The predicted molar refractivity (Wildman–Crippen MR) is 84.1 cm³/mol. The number of rotatable bonds is 5. The Morgan fingerprint density at radius 2 is 2.14 bits per heavy atom. The highest BCUT2D eigenvalue weighted by Crippen LogP contribution is 2.37. The van der Waals surface area contributed by atoms with Gasteiger partial charge in [0.2, 0.25) is 0 Å². The Hall–Kier alpha value is -0.920. The van der Waals surface area contributed by atoms with Crippen molar-refractivity contribution in [2.24, 2.45) is 5.92 Å². The Kier molecular flexibility index (Phi) is 4.56. The van der Waals surface area contributed by atoms with Crippen LogP contribution in [0.25, 0.3) is 0 Å². The Balaban J connectivity index is 1.68. The molecule has 0 spiro atoms. The molecule has 0 radical (unpaired) electrons. The number of aliphatic hydroxyl groups excluding tert-OH is 1. The Bertz CT molecular complexity index is 622. The number of aromatic nitrogens is 2. The maximum absolute atomic E-state index is 11.3. The molecule has 1 N–H and O–H groups in total. The quantitative estimate of drug-likeness (QED) is 0.872. The molecule has 2 aliphatic rings. The molecule has 1 aromatic rings. The second-order valence-corrected chi connectivity index (χ2v) is 8.94. The van der Waals surface area contributed by atoms with Gasteiger partial charge < -0.3 is 5.11 Å². The van der Waals surface area contributed by atoms with E-state index in [1.165, 1.54) is 12.7 Å². The van der Waals surface area contributed by atoms with Gasteiger partial charge in [0.1, 0.15) is 15.9 Å². The minimum Gasteiger partial charge on any atom is -0.386 e. The Morgan fingerprint density at radius 3 is 2.77 bits per heavy atom. The van der Waals surface area contributed by atoms with Crippen LogP contribution in [0, 0.1) is 5.92 Å². The SMILES string of the molecule is CS(=O)(=O)CCN1CCCn2nc([C@@H](O)C3CCC3)cc2C1. The van der Waals surface area contributed by atoms with Crippen LogP contribution in [-0.4, -0.2) is 53.3 Å². The molecule has 1 aromatic heterocycles. The van der Waals surface area contributed by atoms with Crippen molar-refractivity contribution in [3.63, 3.8) is 0 Å². The molecule has 1 saturated carbocycles. The van der Waals surface area contributed by atoms with E-state index < -0.39 is 15.9 Å². The van der Waals surface area contributed by atoms with E-state index in [9.17, 15) is 13.5 Å². The molecule has 1 atom stereocenters. The molecule has 0 aromatic carbocycles. The van der Waals surface area contributed by atoms with Crippen LogP contribution in [0.1, 0.15) is 43.2 Å². The molecular formula is C15H25N3O3S. The van der Waals surface area contributed by atoms with E-state index in [1.54, 1.807) is 0 Å². The van der Waals surface area contributed by atoms with Crippen molar-refractivity contribution in [1.82, 2.24) is 14.7 Å². The molecule has 1 aliphatic heterocycles. The van der Waals surface area contributed by atoms with E-state index in [1.807, 2.05) is 10.7 Å². The molecule has 0 bridgehead atoms. The molecule has 3 rings (SSSR count). The Morgan fingerprint density at radius 1 is 1.36 bits per heavy atom. The molecule has 6 nitrogen and oxygen atoms in total. The van der Waals surface area contributed by atoms with Crippen LogP contribution in [-0.2, 0) is 22.9 Å². The zero-order valence-electron chi connectivity index (χ0n) is 13.1. The molecule has 0 saturated heterocycles. The summed E-state index contributed by atoms with van der Waals surface area (Å²) >= 11 is 0. The van der Waals surface area contributed by atoms with E-state index in [0.29, 0.717) is 19.0 Å². The summed E-state index contributed by atoms with van der Waals surface area (Å²) in [5.74, 6) is 0.555. The average Bonchev–Trinajstić information content (AvgIpc) is 2.67. The number of aliphatic hydroxyl groups is 1. The lowest BCUT2D eigenvalue weighted by Crippen LogP contribution is -2.29. The number of sulfone groups is 1. The van der Waals surface area contributed by atoms with Crippen molar-refractivity contribution in [2.45, 2.75) is 44.9 Å². The monoisotopic (exact) mass is 327 g/mol. The fourth-order valence-corrected chi connectivity index (χ4v) is 3.77.